The highest BCUT2D eigenvalue weighted by Gasteiger charge is 2.23. The van der Waals surface area contributed by atoms with Crippen molar-refractivity contribution in [3.05, 3.63) is 0 Å². The summed E-state index contributed by atoms with van der Waals surface area (Å²) in [6.07, 6.45) is 9.52. The van der Waals surface area contributed by atoms with Gasteiger partial charge in [-0.25, -0.2) is 0 Å². The number of nitrogens with one attached hydrogen (secondary N) is 2. The Labute approximate surface area is 145 Å². The Hall–Kier alpha value is -0.910. The summed E-state index contributed by atoms with van der Waals surface area (Å²) in [5.74, 6) is 1.77. The van der Waals surface area contributed by atoms with Gasteiger partial charge < -0.3 is 15.5 Å². The average Bonchev–Trinajstić information content (AvgIpc) is 2.59. The lowest BCUT2D eigenvalue weighted by Crippen LogP contribution is -2.48. The molecular formula is C17H32N4OS. The van der Waals surface area contributed by atoms with Crippen LogP contribution in [0, 0.1) is 5.92 Å². The summed E-state index contributed by atoms with van der Waals surface area (Å²) < 4.78 is 0. The van der Waals surface area contributed by atoms with E-state index in [0.717, 1.165) is 43.7 Å². The maximum Gasteiger partial charge on any atom is 0.219 e. The third-order valence-corrected chi connectivity index (χ3v) is 6.24. The van der Waals surface area contributed by atoms with Gasteiger partial charge in [-0.15, -0.1) is 0 Å². The lowest BCUT2D eigenvalue weighted by atomic mass is 9.95. The number of aliphatic imine (C=N–C) groups is 1. The van der Waals surface area contributed by atoms with Crippen molar-refractivity contribution in [2.75, 3.05) is 32.9 Å². The minimum atomic E-state index is 0.203. The molecule has 0 aromatic carbocycles. The number of rotatable bonds is 4. The largest absolute Gasteiger partial charge is 0.356 e. The van der Waals surface area contributed by atoms with Crippen molar-refractivity contribution in [2.24, 2.45) is 10.9 Å². The van der Waals surface area contributed by atoms with Crippen LogP contribution in [0.25, 0.3) is 0 Å². The number of carbonyl (C=O) groups is 1. The summed E-state index contributed by atoms with van der Waals surface area (Å²) in [6.45, 7) is 4.40. The molecule has 0 spiro atoms. The zero-order valence-corrected chi connectivity index (χ0v) is 15.6. The van der Waals surface area contributed by atoms with E-state index in [1.54, 1.807) is 6.92 Å². The third-order valence-electron chi connectivity index (χ3n) is 5.14. The zero-order chi connectivity index (χ0) is 16.7. The number of piperidine rings is 1. The molecule has 0 aromatic heterocycles. The van der Waals surface area contributed by atoms with Crippen LogP contribution in [-0.4, -0.2) is 61.0 Å². The van der Waals surface area contributed by atoms with Gasteiger partial charge in [0.05, 0.1) is 0 Å². The van der Waals surface area contributed by atoms with Crippen molar-refractivity contribution in [3.63, 3.8) is 0 Å². The molecule has 1 amide bonds. The van der Waals surface area contributed by atoms with E-state index in [2.05, 4.69) is 21.9 Å². The van der Waals surface area contributed by atoms with Crippen LogP contribution in [0.2, 0.25) is 0 Å². The average molecular weight is 341 g/mol. The molecule has 0 aromatic rings. The van der Waals surface area contributed by atoms with E-state index in [1.807, 2.05) is 23.7 Å². The maximum atomic E-state index is 11.4. The van der Waals surface area contributed by atoms with Gasteiger partial charge in [-0.3, -0.25) is 9.79 Å². The molecule has 1 saturated heterocycles. The summed E-state index contributed by atoms with van der Waals surface area (Å²) in [4.78, 5) is 17.7. The molecule has 2 unspecified atom stereocenters. The lowest BCUT2D eigenvalue weighted by Gasteiger charge is -2.32. The van der Waals surface area contributed by atoms with Crippen molar-refractivity contribution >= 4 is 23.6 Å². The third kappa shape index (κ3) is 5.90. The molecule has 2 rings (SSSR count). The molecule has 1 heterocycles. The molecule has 23 heavy (non-hydrogen) atoms. The zero-order valence-electron chi connectivity index (χ0n) is 14.8. The second kappa shape index (κ2) is 9.40. The minimum Gasteiger partial charge on any atom is -0.356 e. The Balaban J connectivity index is 1.70. The lowest BCUT2D eigenvalue weighted by molar-refractivity contribution is -0.130. The van der Waals surface area contributed by atoms with Gasteiger partial charge in [-0.2, -0.15) is 11.8 Å². The Bertz CT molecular complexity index is 407. The van der Waals surface area contributed by atoms with E-state index in [4.69, 9.17) is 0 Å². The molecule has 2 atom stereocenters. The molecule has 1 aliphatic carbocycles. The number of likely N-dealkylation sites (tertiary alicyclic amines) is 1. The molecule has 2 aliphatic rings. The van der Waals surface area contributed by atoms with Crippen LogP contribution in [0.4, 0.5) is 0 Å². The van der Waals surface area contributed by atoms with Crippen molar-refractivity contribution in [1.29, 1.82) is 0 Å². The number of hydrogen-bond donors (Lipinski definition) is 2. The monoisotopic (exact) mass is 340 g/mol. The predicted molar refractivity (Wildman–Crippen MR) is 99.0 cm³/mol. The molecule has 0 radical (unpaired) electrons. The molecular weight excluding hydrogens is 308 g/mol. The van der Waals surface area contributed by atoms with E-state index >= 15 is 0 Å². The summed E-state index contributed by atoms with van der Waals surface area (Å²) in [6, 6.07) is 0.548. The van der Waals surface area contributed by atoms with Gasteiger partial charge >= 0.3 is 0 Å². The molecule has 132 valence electrons. The first kappa shape index (κ1) is 18.4. The van der Waals surface area contributed by atoms with Crippen LogP contribution in [0.15, 0.2) is 4.99 Å². The summed E-state index contributed by atoms with van der Waals surface area (Å²) in [7, 11) is 1.85. The summed E-state index contributed by atoms with van der Waals surface area (Å²) in [5.41, 5.74) is 0. The second-order valence-electron chi connectivity index (χ2n) is 6.77. The standard InChI is InChI=1S/C17H32N4OS/c1-13(22)21-9-7-14(8-10-21)12-19-17(18-2)20-15-5-4-6-16(11-15)23-3/h14-16H,4-12H2,1-3H3,(H2,18,19,20). The quantitative estimate of drug-likeness (QED) is 0.608. The van der Waals surface area contributed by atoms with E-state index in [1.165, 1.54) is 25.7 Å². The van der Waals surface area contributed by atoms with Crippen LogP contribution in [-0.2, 0) is 4.79 Å². The second-order valence-corrected chi connectivity index (χ2v) is 7.91. The summed E-state index contributed by atoms with van der Waals surface area (Å²) in [5, 5.41) is 7.88. The first-order chi connectivity index (χ1) is 11.1. The van der Waals surface area contributed by atoms with Gasteiger partial charge in [0.15, 0.2) is 5.96 Å². The van der Waals surface area contributed by atoms with Crippen molar-refractivity contribution in [2.45, 2.75) is 56.7 Å². The highest BCUT2D eigenvalue weighted by Crippen LogP contribution is 2.26. The number of carbonyl (C=O) groups excluding carboxylic acids is 1. The van der Waals surface area contributed by atoms with E-state index in [0.29, 0.717) is 12.0 Å². The number of amides is 1. The van der Waals surface area contributed by atoms with Crippen molar-refractivity contribution in [1.82, 2.24) is 15.5 Å². The van der Waals surface area contributed by atoms with Gasteiger partial charge in [0.25, 0.3) is 0 Å². The smallest absolute Gasteiger partial charge is 0.219 e. The molecule has 6 heteroatoms. The van der Waals surface area contributed by atoms with Crippen molar-refractivity contribution in [3.8, 4) is 0 Å². The molecule has 1 saturated carbocycles. The SMILES string of the molecule is CN=C(NCC1CCN(C(C)=O)CC1)NC1CCCC(SC)C1. The number of thioether (sulfide) groups is 1. The van der Waals surface area contributed by atoms with Gasteiger partial charge in [-0.1, -0.05) is 6.42 Å². The maximum absolute atomic E-state index is 11.4. The van der Waals surface area contributed by atoms with Gasteiger partial charge in [0.2, 0.25) is 5.91 Å². The predicted octanol–water partition coefficient (Wildman–Crippen LogP) is 2.08. The van der Waals surface area contributed by atoms with Crippen LogP contribution in [0.5, 0.6) is 0 Å². The van der Waals surface area contributed by atoms with Crippen molar-refractivity contribution < 1.29 is 4.79 Å². The molecule has 0 bridgehead atoms. The van der Waals surface area contributed by atoms with Crippen LogP contribution in [0.3, 0.4) is 0 Å². The van der Waals surface area contributed by atoms with Crippen LogP contribution >= 0.6 is 11.8 Å². The van der Waals surface area contributed by atoms with Gasteiger partial charge in [-0.05, 0) is 44.3 Å². The molecule has 2 fully saturated rings. The molecule has 2 N–H and O–H groups in total. The number of guanidine groups is 1. The van der Waals surface area contributed by atoms with E-state index in [-0.39, 0.29) is 5.91 Å². The molecule has 1 aliphatic heterocycles. The first-order valence-electron chi connectivity index (χ1n) is 8.87. The van der Waals surface area contributed by atoms with Crippen LogP contribution < -0.4 is 10.6 Å². The fraction of sp³-hybridized carbons (Fsp3) is 0.882. The normalized spacial score (nSPS) is 26.9. The van der Waals surface area contributed by atoms with Crippen LogP contribution in [0.1, 0.15) is 45.4 Å². The Morgan fingerprint density at radius 1 is 1.26 bits per heavy atom. The number of hydrogen-bond acceptors (Lipinski definition) is 3. The van der Waals surface area contributed by atoms with E-state index < -0.39 is 0 Å². The van der Waals surface area contributed by atoms with Gasteiger partial charge in [0, 0.05) is 44.9 Å². The highest BCUT2D eigenvalue weighted by molar-refractivity contribution is 7.99. The fourth-order valence-electron chi connectivity index (χ4n) is 3.57. The van der Waals surface area contributed by atoms with Gasteiger partial charge in [0.1, 0.15) is 0 Å². The topological polar surface area (TPSA) is 56.7 Å². The number of nitrogens with zero attached hydrogens (tertiary/aromatic N) is 2. The summed E-state index contributed by atoms with van der Waals surface area (Å²) >= 11 is 1.99. The minimum absolute atomic E-state index is 0.203. The Morgan fingerprint density at radius 2 is 2.00 bits per heavy atom. The van der Waals surface area contributed by atoms with E-state index in [9.17, 15) is 4.79 Å². The Morgan fingerprint density at radius 3 is 2.61 bits per heavy atom. The fourth-order valence-corrected chi connectivity index (χ4v) is 4.40. The molecule has 5 nitrogen and oxygen atoms in total. The first-order valence-corrected chi connectivity index (χ1v) is 10.2. The Kier molecular flexibility index (Phi) is 7.53. The highest BCUT2D eigenvalue weighted by atomic mass is 32.2.